The van der Waals surface area contributed by atoms with E-state index in [1.54, 1.807) is 0 Å². The smallest absolute Gasteiger partial charge is 0.116 e. The molecule has 0 spiro atoms. The molecule has 1 aromatic carbocycles. The number of hydrogen-bond acceptors (Lipinski definition) is 2. The third kappa shape index (κ3) is 3.00. The molecule has 0 unspecified atom stereocenters. The molecule has 0 amide bonds. The standard InChI is InChI=1S/C11H11NO/c1-10-6-3-4-7-11(10)8-5-9-12-13-2/h3-4,6-7,9H,1-2H3. The summed E-state index contributed by atoms with van der Waals surface area (Å²) in [6.45, 7) is 2.03. The maximum Gasteiger partial charge on any atom is 0.116 e. The predicted molar refractivity (Wildman–Crippen MR) is 53.6 cm³/mol. The molecule has 0 radical (unpaired) electrons. The minimum Gasteiger partial charge on any atom is -0.399 e. The Balaban J connectivity index is 2.77. The minimum atomic E-state index is 1.02. The van der Waals surface area contributed by atoms with Crippen LogP contribution in [0.3, 0.4) is 0 Å². The Morgan fingerprint density at radius 3 is 2.85 bits per heavy atom. The summed E-state index contributed by atoms with van der Waals surface area (Å²) in [4.78, 5) is 4.48. The van der Waals surface area contributed by atoms with Crippen molar-refractivity contribution < 1.29 is 4.84 Å². The maximum atomic E-state index is 4.48. The van der Waals surface area contributed by atoms with Crippen molar-refractivity contribution in [3.05, 3.63) is 35.4 Å². The van der Waals surface area contributed by atoms with Crippen LogP contribution in [0.1, 0.15) is 11.1 Å². The van der Waals surface area contributed by atoms with Crippen molar-refractivity contribution >= 4 is 6.21 Å². The second-order valence-corrected chi connectivity index (χ2v) is 2.50. The first-order valence-corrected chi connectivity index (χ1v) is 3.97. The Bertz CT molecular complexity index is 358. The monoisotopic (exact) mass is 173 g/mol. The fraction of sp³-hybridized carbons (Fsp3) is 0.182. The molecule has 1 rings (SSSR count). The van der Waals surface area contributed by atoms with Gasteiger partial charge in [0.1, 0.15) is 13.3 Å². The van der Waals surface area contributed by atoms with E-state index in [4.69, 9.17) is 0 Å². The Hall–Kier alpha value is -1.75. The predicted octanol–water partition coefficient (Wildman–Crippen LogP) is 1.98. The highest BCUT2D eigenvalue weighted by atomic mass is 16.6. The first-order valence-electron chi connectivity index (χ1n) is 3.97. The van der Waals surface area contributed by atoms with E-state index in [1.165, 1.54) is 18.9 Å². The molecule has 0 heterocycles. The quantitative estimate of drug-likeness (QED) is 0.361. The van der Waals surface area contributed by atoms with Crippen LogP contribution in [-0.2, 0) is 4.84 Å². The molecule has 0 aromatic heterocycles. The number of oxime groups is 1. The molecular weight excluding hydrogens is 162 g/mol. The minimum absolute atomic E-state index is 1.02. The zero-order chi connectivity index (χ0) is 9.52. The summed E-state index contributed by atoms with van der Waals surface area (Å²) in [5.74, 6) is 5.75. The molecule has 66 valence electrons. The van der Waals surface area contributed by atoms with Crippen molar-refractivity contribution in [2.24, 2.45) is 5.16 Å². The Morgan fingerprint density at radius 1 is 1.38 bits per heavy atom. The van der Waals surface area contributed by atoms with Gasteiger partial charge in [0, 0.05) is 5.56 Å². The van der Waals surface area contributed by atoms with Crippen LogP contribution < -0.4 is 0 Å². The average Bonchev–Trinajstić information content (AvgIpc) is 2.15. The fourth-order valence-electron chi connectivity index (χ4n) is 0.902. The molecule has 13 heavy (non-hydrogen) atoms. The van der Waals surface area contributed by atoms with Crippen LogP contribution in [0.15, 0.2) is 29.4 Å². The van der Waals surface area contributed by atoms with Crippen LogP contribution >= 0.6 is 0 Å². The zero-order valence-electron chi connectivity index (χ0n) is 7.74. The van der Waals surface area contributed by atoms with Crippen LogP contribution in [0.2, 0.25) is 0 Å². The second kappa shape index (κ2) is 5.00. The van der Waals surface area contributed by atoms with E-state index in [2.05, 4.69) is 21.8 Å². The lowest BCUT2D eigenvalue weighted by molar-refractivity contribution is 0.216. The van der Waals surface area contributed by atoms with Gasteiger partial charge in [-0.25, -0.2) is 0 Å². The lowest BCUT2D eigenvalue weighted by atomic mass is 10.1. The summed E-state index contributed by atoms with van der Waals surface area (Å²) in [6.07, 6.45) is 1.44. The van der Waals surface area contributed by atoms with Gasteiger partial charge in [-0.05, 0) is 24.5 Å². The highest BCUT2D eigenvalue weighted by Crippen LogP contribution is 2.03. The summed E-state index contributed by atoms with van der Waals surface area (Å²) in [7, 11) is 1.49. The van der Waals surface area contributed by atoms with E-state index in [0.717, 1.165) is 5.56 Å². The van der Waals surface area contributed by atoms with Gasteiger partial charge in [-0.15, -0.1) is 0 Å². The van der Waals surface area contributed by atoms with Crippen molar-refractivity contribution in [1.29, 1.82) is 0 Å². The van der Waals surface area contributed by atoms with Gasteiger partial charge in [-0.2, -0.15) is 0 Å². The largest absolute Gasteiger partial charge is 0.399 e. The summed E-state index contributed by atoms with van der Waals surface area (Å²) in [6, 6.07) is 7.95. The molecule has 0 aliphatic carbocycles. The van der Waals surface area contributed by atoms with E-state index in [9.17, 15) is 0 Å². The number of rotatable bonds is 1. The second-order valence-electron chi connectivity index (χ2n) is 2.50. The molecule has 2 heteroatoms. The molecule has 0 saturated heterocycles. The van der Waals surface area contributed by atoms with Crippen molar-refractivity contribution in [2.75, 3.05) is 7.11 Å². The molecule has 2 nitrogen and oxygen atoms in total. The number of aryl methyl sites for hydroxylation is 1. The van der Waals surface area contributed by atoms with Gasteiger partial charge < -0.3 is 4.84 Å². The first-order chi connectivity index (χ1) is 6.34. The van der Waals surface area contributed by atoms with Crippen LogP contribution in [-0.4, -0.2) is 13.3 Å². The van der Waals surface area contributed by atoms with E-state index < -0.39 is 0 Å². The van der Waals surface area contributed by atoms with Gasteiger partial charge in [-0.1, -0.05) is 29.3 Å². The molecule has 0 atom stereocenters. The molecule has 1 aromatic rings. The van der Waals surface area contributed by atoms with Crippen LogP contribution in [0, 0.1) is 18.8 Å². The average molecular weight is 173 g/mol. The normalized spacial score (nSPS) is 9.38. The lowest BCUT2D eigenvalue weighted by Gasteiger charge is -1.93. The molecule has 0 N–H and O–H groups in total. The van der Waals surface area contributed by atoms with E-state index in [0.29, 0.717) is 0 Å². The molecule has 0 fully saturated rings. The molecule has 0 aliphatic rings. The van der Waals surface area contributed by atoms with Gasteiger partial charge in [0.15, 0.2) is 0 Å². The molecule has 0 bridgehead atoms. The summed E-state index contributed by atoms with van der Waals surface area (Å²) in [5.41, 5.74) is 2.19. The molecular formula is C11H11NO. The van der Waals surface area contributed by atoms with Crippen LogP contribution in [0.25, 0.3) is 0 Å². The zero-order valence-corrected chi connectivity index (χ0v) is 7.74. The van der Waals surface area contributed by atoms with Gasteiger partial charge >= 0.3 is 0 Å². The van der Waals surface area contributed by atoms with Gasteiger partial charge in [0.25, 0.3) is 0 Å². The topological polar surface area (TPSA) is 21.6 Å². The number of hydrogen-bond donors (Lipinski definition) is 0. The Labute approximate surface area is 78.2 Å². The fourth-order valence-corrected chi connectivity index (χ4v) is 0.902. The van der Waals surface area contributed by atoms with Gasteiger partial charge in [0.05, 0.1) is 0 Å². The number of benzene rings is 1. The van der Waals surface area contributed by atoms with Gasteiger partial charge in [-0.3, -0.25) is 0 Å². The van der Waals surface area contributed by atoms with Crippen molar-refractivity contribution in [1.82, 2.24) is 0 Å². The Kier molecular flexibility index (Phi) is 3.59. The first kappa shape index (κ1) is 9.34. The molecule has 0 aliphatic heterocycles. The molecule has 0 saturated carbocycles. The summed E-state index contributed by atoms with van der Waals surface area (Å²) >= 11 is 0. The highest BCUT2D eigenvalue weighted by molar-refractivity contribution is 5.78. The van der Waals surface area contributed by atoms with Crippen LogP contribution in [0.4, 0.5) is 0 Å². The number of nitrogens with zero attached hydrogens (tertiary/aromatic N) is 1. The van der Waals surface area contributed by atoms with Crippen molar-refractivity contribution in [3.8, 4) is 11.8 Å². The van der Waals surface area contributed by atoms with Crippen molar-refractivity contribution in [2.45, 2.75) is 6.92 Å². The summed E-state index contributed by atoms with van der Waals surface area (Å²) < 4.78 is 0. The van der Waals surface area contributed by atoms with E-state index in [-0.39, 0.29) is 0 Å². The SMILES string of the molecule is CON=CC#Cc1ccccc1C. The summed E-state index contributed by atoms with van der Waals surface area (Å²) in [5, 5.41) is 3.52. The van der Waals surface area contributed by atoms with Crippen molar-refractivity contribution in [3.63, 3.8) is 0 Å². The maximum absolute atomic E-state index is 4.48. The lowest BCUT2D eigenvalue weighted by Crippen LogP contribution is -1.79. The van der Waals surface area contributed by atoms with E-state index >= 15 is 0 Å². The third-order valence-electron chi connectivity index (χ3n) is 1.57. The van der Waals surface area contributed by atoms with Crippen LogP contribution in [0.5, 0.6) is 0 Å². The third-order valence-corrected chi connectivity index (χ3v) is 1.57. The Morgan fingerprint density at radius 2 is 2.15 bits per heavy atom. The highest BCUT2D eigenvalue weighted by Gasteiger charge is 1.88. The van der Waals surface area contributed by atoms with Gasteiger partial charge in [0.2, 0.25) is 0 Å². The van der Waals surface area contributed by atoms with E-state index in [1.807, 2.05) is 31.2 Å².